The lowest BCUT2D eigenvalue weighted by Crippen LogP contribution is -2.16. The Kier molecular flexibility index (Phi) is 23.8. The van der Waals surface area contributed by atoms with E-state index in [9.17, 15) is 0 Å². The lowest BCUT2D eigenvalue weighted by Gasteiger charge is -2.29. The highest BCUT2D eigenvalue weighted by Gasteiger charge is 2.39. The molecular formula is C126H138N2. The Labute approximate surface area is 769 Å². The average Bonchev–Trinajstić information content (AvgIpc) is 1.58. The molecule has 0 heterocycles. The summed E-state index contributed by atoms with van der Waals surface area (Å²) in [6.45, 7) is 51.5. The van der Waals surface area contributed by atoms with Gasteiger partial charge >= 0.3 is 0 Å². The van der Waals surface area contributed by atoms with E-state index in [1.54, 1.807) is 0 Å². The van der Waals surface area contributed by atoms with Crippen molar-refractivity contribution in [1.29, 1.82) is 0 Å². The standard InChI is InChI=1S/2C63H69N/c1-60(2,3)50-34-47(33-48(35-50)49-36-51(61(4,5)6)40-52(37-49)62(7,8)9)46-25-19-27-54(39-46)64(55-30-31-57-56-28-15-16-29-58(56)63(10,11)59(57)41-55)53-26-18-24-45(38-53)44-23-17-22-43(32-44)42-20-13-12-14-21-42;1-60(2,3)50-35-47(34-48(36-50)49-37-51(61(4,5)6)40-52(38-49)62(7,8)9)46-20-17-21-54(39-46)64(55-32-33-57-56-22-15-16-23-58(56)63(10,11)59(57)41-55)53-30-28-45(29-31-53)44-26-24-43(25-27-44)42-18-13-12-14-19-42/h15-19,22-42H,12-14,20-21H2,1-11H3;15-17,20-42H,12-14,18-19H2,1-11H3. The van der Waals surface area contributed by atoms with Crippen molar-refractivity contribution in [3.63, 3.8) is 0 Å². The molecule has 0 bridgehead atoms. The van der Waals surface area contributed by atoms with Gasteiger partial charge in [-0.05, 0) is 311 Å². The minimum absolute atomic E-state index is 0.0311. The summed E-state index contributed by atoms with van der Waals surface area (Å²) in [5, 5.41) is 0. The van der Waals surface area contributed by atoms with E-state index >= 15 is 0 Å². The van der Waals surface area contributed by atoms with Gasteiger partial charge in [0.15, 0.2) is 0 Å². The molecule has 2 heteroatoms. The van der Waals surface area contributed by atoms with Gasteiger partial charge in [0, 0.05) is 45.0 Å². The molecule has 2 nitrogen and oxygen atoms in total. The summed E-state index contributed by atoms with van der Waals surface area (Å²) < 4.78 is 0. The van der Waals surface area contributed by atoms with E-state index < -0.39 is 0 Å². The Balaban J connectivity index is 0.000000180. The summed E-state index contributed by atoms with van der Waals surface area (Å²) in [4.78, 5) is 4.96. The zero-order valence-corrected chi connectivity index (χ0v) is 81.0. The van der Waals surface area contributed by atoms with Gasteiger partial charge in [-0.25, -0.2) is 0 Å². The molecule has 0 amide bonds. The molecule has 14 aromatic carbocycles. The molecule has 128 heavy (non-hydrogen) atoms. The number of hydrogen-bond acceptors (Lipinski definition) is 2. The van der Waals surface area contributed by atoms with Crippen molar-refractivity contribution in [3.8, 4) is 89.0 Å². The topological polar surface area (TPSA) is 6.48 Å². The van der Waals surface area contributed by atoms with Crippen molar-refractivity contribution < 1.29 is 0 Å². The zero-order chi connectivity index (χ0) is 90.4. The molecule has 0 aromatic heterocycles. The van der Waals surface area contributed by atoms with Crippen molar-refractivity contribution in [3.05, 3.63) is 370 Å². The molecule has 14 aromatic rings. The van der Waals surface area contributed by atoms with E-state index in [2.05, 4.69) is 465 Å². The third-order valence-electron chi connectivity index (χ3n) is 29.0. The normalized spacial score (nSPS) is 15.2. The van der Waals surface area contributed by atoms with Crippen LogP contribution in [0.1, 0.15) is 295 Å². The number of nitrogens with zero attached hydrogens (tertiary/aromatic N) is 2. The largest absolute Gasteiger partial charge is 0.310 e. The van der Waals surface area contributed by atoms with Gasteiger partial charge in [0.1, 0.15) is 0 Å². The van der Waals surface area contributed by atoms with E-state index in [1.165, 1.54) is 231 Å². The Hall–Kier alpha value is -11.3. The molecular weight excluding hydrogens is 1540 g/mol. The Morgan fingerprint density at radius 1 is 0.195 bits per heavy atom. The van der Waals surface area contributed by atoms with Crippen LogP contribution in [0.3, 0.4) is 0 Å². The lowest BCUT2D eigenvalue weighted by molar-refractivity contribution is 0.443. The smallest absolute Gasteiger partial charge is 0.0467 e. The monoisotopic (exact) mass is 1680 g/mol. The van der Waals surface area contributed by atoms with Crippen LogP contribution in [0.2, 0.25) is 0 Å². The minimum Gasteiger partial charge on any atom is -0.310 e. The highest BCUT2D eigenvalue weighted by Crippen LogP contribution is 2.55. The second kappa shape index (κ2) is 34.3. The fourth-order valence-electron chi connectivity index (χ4n) is 20.7. The maximum atomic E-state index is 2.49. The highest BCUT2D eigenvalue weighted by molar-refractivity contribution is 5.91. The summed E-state index contributed by atoms with van der Waals surface area (Å²) in [7, 11) is 0. The quantitative estimate of drug-likeness (QED) is 0.107. The fourth-order valence-corrected chi connectivity index (χ4v) is 20.7. The molecule has 652 valence electrons. The Morgan fingerprint density at radius 3 is 0.836 bits per heavy atom. The van der Waals surface area contributed by atoms with Gasteiger partial charge in [-0.3, -0.25) is 0 Å². The Bertz CT molecular complexity index is 6370. The molecule has 0 atom stereocenters. The summed E-state index contributed by atoms with van der Waals surface area (Å²) >= 11 is 0. The Morgan fingerprint density at radius 2 is 0.469 bits per heavy atom. The van der Waals surface area contributed by atoms with Gasteiger partial charge in [-0.1, -0.05) is 409 Å². The minimum atomic E-state index is -0.113. The number of benzene rings is 14. The van der Waals surface area contributed by atoms with Gasteiger partial charge < -0.3 is 9.80 Å². The van der Waals surface area contributed by atoms with Crippen molar-refractivity contribution in [2.75, 3.05) is 9.80 Å². The predicted octanol–water partition coefficient (Wildman–Crippen LogP) is 36.8. The first-order chi connectivity index (χ1) is 60.7. The van der Waals surface area contributed by atoms with Gasteiger partial charge in [0.2, 0.25) is 0 Å². The summed E-state index contributed by atoms with van der Waals surface area (Å²) in [6.07, 6.45) is 13.4. The second-order valence-corrected chi connectivity index (χ2v) is 45.3. The number of rotatable bonds is 14. The first kappa shape index (κ1) is 88.7. The van der Waals surface area contributed by atoms with Crippen LogP contribution in [0.4, 0.5) is 34.1 Å². The predicted molar refractivity (Wildman–Crippen MR) is 554 cm³/mol. The SMILES string of the molecule is CC(C)(C)c1cc(-c2cccc(N(c3ccc(-c4ccc(C5CCCCC5)cc4)cc3)c3ccc4c(c3)C(C)(C)c3ccccc3-4)c2)cc(-c2cc(C(C)(C)C)cc(C(C)(C)C)c2)c1.CC(C)(C)c1cc(-c2cccc(N(c3cccc(-c4cccc(C5CCCCC5)c4)c3)c3ccc4c(c3)C(C)(C)c3ccccc3-4)c2)cc(-c2cc(C(C)(C)C)cc(C(C)(C)C)c2)c1. The van der Waals surface area contributed by atoms with Gasteiger partial charge in [0.25, 0.3) is 0 Å². The van der Waals surface area contributed by atoms with Crippen LogP contribution >= 0.6 is 0 Å². The second-order valence-electron chi connectivity index (χ2n) is 45.3. The van der Waals surface area contributed by atoms with Crippen molar-refractivity contribution in [2.45, 2.75) is 272 Å². The van der Waals surface area contributed by atoms with E-state index in [4.69, 9.17) is 0 Å². The average molecular weight is 1680 g/mol. The molecule has 0 unspecified atom stereocenters. The van der Waals surface area contributed by atoms with E-state index in [0.717, 1.165) is 22.7 Å². The first-order valence-corrected chi connectivity index (χ1v) is 48.0. The third kappa shape index (κ3) is 18.3. The molecule has 0 N–H and O–H groups in total. The van der Waals surface area contributed by atoms with Gasteiger partial charge in [-0.2, -0.15) is 0 Å². The molecule has 2 fully saturated rings. The van der Waals surface area contributed by atoms with Crippen LogP contribution in [0, 0.1) is 0 Å². The van der Waals surface area contributed by atoms with Crippen molar-refractivity contribution in [1.82, 2.24) is 0 Å². The summed E-state index contributed by atoms with van der Waals surface area (Å²) in [5.74, 6) is 1.37. The molecule has 0 saturated heterocycles. The third-order valence-corrected chi connectivity index (χ3v) is 29.0. The van der Waals surface area contributed by atoms with E-state index in [-0.39, 0.29) is 43.3 Å². The molecule has 18 rings (SSSR count). The van der Waals surface area contributed by atoms with Gasteiger partial charge in [-0.15, -0.1) is 0 Å². The maximum absolute atomic E-state index is 2.49. The summed E-state index contributed by atoms with van der Waals surface area (Å²) in [6, 6.07) is 117. The van der Waals surface area contributed by atoms with Crippen LogP contribution in [0.25, 0.3) is 89.0 Å². The first-order valence-electron chi connectivity index (χ1n) is 48.0. The van der Waals surface area contributed by atoms with Crippen molar-refractivity contribution >= 4 is 34.1 Å². The zero-order valence-electron chi connectivity index (χ0n) is 81.0. The van der Waals surface area contributed by atoms with E-state index in [0.29, 0.717) is 11.8 Å². The summed E-state index contributed by atoms with van der Waals surface area (Å²) in [5.41, 5.74) is 43.9. The van der Waals surface area contributed by atoms with Crippen LogP contribution in [-0.4, -0.2) is 0 Å². The molecule has 4 aliphatic carbocycles. The highest BCUT2D eigenvalue weighted by atomic mass is 15.1. The van der Waals surface area contributed by atoms with Crippen LogP contribution in [-0.2, 0) is 43.3 Å². The molecule has 2 saturated carbocycles. The fraction of sp³-hybridized carbons (Fsp3) is 0.333. The molecule has 0 radical (unpaired) electrons. The number of fused-ring (bicyclic) bond motifs is 6. The van der Waals surface area contributed by atoms with Crippen LogP contribution < -0.4 is 9.80 Å². The van der Waals surface area contributed by atoms with Gasteiger partial charge in [0.05, 0.1) is 0 Å². The molecule has 4 aliphatic rings. The molecule has 0 spiro atoms. The number of hydrogen-bond donors (Lipinski definition) is 0. The van der Waals surface area contributed by atoms with Crippen LogP contribution in [0.5, 0.6) is 0 Å². The van der Waals surface area contributed by atoms with Crippen molar-refractivity contribution in [2.24, 2.45) is 0 Å². The van der Waals surface area contributed by atoms with E-state index in [1.807, 2.05) is 0 Å². The lowest BCUT2D eigenvalue weighted by atomic mass is 9.78. The maximum Gasteiger partial charge on any atom is 0.0467 e. The number of anilines is 6. The molecule has 0 aliphatic heterocycles. The van der Waals surface area contributed by atoms with Crippen LogP contribution in [0.15, 0.2) is 303 Å².